The van der Waals surface area contributed by atoms with Gasteiger partial charge in [-0.05, 0) is 17.7 Å². The Labute approximate surface area is 153 Å². The number of carbonyl (C=O) groups is 1. The van der Waals surface area contributed by atoms with E-state index in [0.29, 0.717) is 16.6 Å². The average Bonchev–Trinajstić information content (AvgIpc) is 3.10. The molecule has 0 saturated carbocycles. The van der Waals surface area contributed by atoms with Crippen molar-refractivity contribution in [3.8, 4) is 0 Å². The van der Waals surface area contributed by atoms with Crippen LogP contribution in [0.25, 0.3) is 10.9 Å². The Hall–Kier alpha value is -3.06. The minimum Gasteiger partial charge on any atom is -0.477 e. The summed E-state index contributed by atoms with van der Waals surface area (Å²) >= 11 is -1.63. The molecule has 1 saturated heterocycles. The number of carboxylic acid groups (broad SMARTS) is 1. The highest BCUT2D eigenvalue weighted by Gasteiger charge is 2.23. The smallest absolute Gasteiger partial charge is 0.354 e. The molecule has 0 amide bonds. The van der Waals surface area contributed by atoms with Gasteiger partial charge in [0.15, 0.2) is 0 Å². The highest BCUT2D eigenvalue weighted by Crippen LogP contribution is 2.16. The van der Waals surface area contributed by atoms with Crippen molar-refractivity contribution in [2.45, 2.75) is 12.7 Å². The molecule has 3 aromatic rings. The number of carboxylic acids is 1. The molecule has 27 heavy (non-hydrogen) atoms. The quantitative estimate of drug-likeness (QED) is 0.544. The summed E-state index contributed by atoms with van der Waals surface area (Å²) in [5, 5.41) is 9.21. The summed E-state index contributed by atoms with van der Waals surface area (Å²) in [5.41, 5.74) is 3.64. The summed E-state index contributed by atoms with van der Waals surface area (Å²) < 4.78 is 20.0. The Balaban J connectivity index is 1.67. The number of aromatic carboxylic acids is 1. The van der Waals surface area contributed by atoms with Crippen molar-refractivity contribution < 1.29 is 18.4 Å². The maximum absolute atomic E-state index is 12.7. The largest absolute Gasteiger partial charge is 0.477 e. The second-order valence-corrected chi connectivity index (χ2v) is 6.55. The van der Waals surface area contributed by atoms with Crippen LogP contribution in [0.1, 0.15) is 27.8 Å². The van der Waals surface area contributed by atoms with Gasteiger partial charge in [-0.15, -0.1) is 0 Å². The Kier molecular flexibility index (Phi) is 4.45. The first-order valence-electron chi connectivity index (χ1n) is 7.64. The summed E-state index contributed by atoms with van der Waals surface area (Å²) in [5.74, 6) is -1.22. The van der Waals surface area contributed by atoms with Crippen molar-refractivity contribution in [2.24, 2.45) is 0 Å². The van der Waals surface area contributed by atoms with Crippen LogP contribution >= 0.6 is 0 Å². The summed E-state index contributed by atoms with van der Waals surface area (Å²) in [6.45, 7) is 0.171. The maximum Gasteiger partial charge on any atom is 0.354 e. The zero-order valence-electron chi connectivity index (χ0n) is 13.5. The van der Waals surface area contributed by atoms with Gasteiger partial charge in [0.2, 0.25) is 0 Å². The lowest BCUT2D eigenvalue weighted by atomic mass is 10.1. The average molecular weight is 388 g/mol. The fraction of sp³-hybridized carbons (Fsp3) is 0.133. The van der Waals surface area contributed by atoms with E-state index >= 15 is 0 Å². The van der Waals surface area contributed by atoms with Crippen LogP contribution in [0.5, 0.6) is 0 Å². The Morgan fingerprint density at radius 1 is 1.30 bits per heavy atom. The molecule has 2 atom stereocenters. The van der Waals surface area contributed by atoms with Gasteiger partial charge >= 0.3 is 5.97 Å². The van der Waals surface area contributed by atoms with Crippen LogP contribution in [-0.2, 0) is 22.1 Å². The van der Waals surface area contributed by atoms with Crippen LogP contribution in [0.15, 0.2) is 41.8 Å². The highest BCUT2D eigenvalue weighted by molar-refractivity contribution is 7.78. The van der Waals surface area contributed by atoms with Gasteiger partial charge in [0.05, 0.1) is 30.0 Å². The molecule has 1 aliphatic rings. The first-order valence-corrected chi connectivity index (χ1v) is 8.72. The van der Waals surface area contributed by atoms with Gasteiger partial charge in [-0.1, -0.05) is 0 Å². The van der Waals surface area contributed by atoms with E-state index in [-0.39, 0.29) is 17.6 Å². The fourth-order valence-electron chi connectivity index (χ4n) is 2.61. The van der Waals surface area contributed by atoms with Crippen molar-refractivity contribution in [1.29, 1.82) is 0 Å². The van der Waals surface area contributed by atoms with Gasteiger partial charge in [-0.3, -0.25) is 14.3 Å². The summed E-state index contributed by atoms with van der Waals surface area (Å²) in [4.78, 5) is 35.8. The SMILES string of the molecule is O=C(O)c1cc2c(=O)n(Cc3cncc(C4NOS(=O)N4)c3)cnc2cn1. The topological polar surface area (TPSA) is 148 Å². The van der Waals surface area contributed by atoms with E-state index in [0.717, 1.165) is 0 Å². The highest BCUT2D eigenvalue weighted by atomic mass is 32.2. The Morgan fingerprint density at radius 2 is 2.15 bits per heavy atom. The van der Waals surface area contributed by atoms with Gasteiger partial charge in [0.1, 0.15) is 11.9 Å². The zero-order chi connectivity index (χ0) is 19.0. The fourth-order valence-corrected chi connectivity index (χ4v) is 3.22. The summed E-state index contributed by atoms with van der Waals surface area (Å²) in [7, 11) is 0. The Morgan fingerprint density at radius 3 is 2.89 bits per heavy atom. The van der Waals surface area contributed by atoms with Crippen molar-refractivity contribution in [3.63, 3.8) is 0 Å². The molecular weight excluding hydrogens is 376 g/mol. The van der Waals surface area contributed by atoms with E-state index < -0.39 is 29.0 Å². The molecule has 11 nitrogen and oxygen atoms in total. The van der Waals surface area contributed by atoms with Crippen molar-refractivity contribution in [2.75, 3.05) is 0 Å². The molecular formula is C15H12N6O5S. The first kappa shape index (κ1) is 17.4. The van der Waals surface area contributed by atoms with Gasteiger partial charge < -0.3 is 5.11 Å². The van der Waals surface area contributed by atoms with Gasteiger partial charge in [0.25, 0.3) is 16.8 Å². The molecule has 1 fully saturated rings. The normalized spacial score (nSPS) is 19.4. The molecule has 0 aliphatic carbocycles. The number of hydrogen-bond donors (Lipinski definition) is 3. The lowest BCUT2D eigenvalue weighted by Crippen LogP contribution is -2.23. The lowest BCUT2D eigenvalue weighted by Gasteiger charge is -2.10. The first-order chi connectivity index (χ1) is 13.0. The van der Waals surface area contributed by atoms with Crippen LogP contribution < -0.4 is 15.8 Å². The minimum atomic E-state index is -1.63. The molecule has 0 bridgehead atoms. The number of hydroxylamine groups is 1. The van der Waals surface area contributed by atoms with E-state index in [1.165, 1.54) is 23.2 Å². The third-order valence-corrected chi connectivity index (χ3v) is 4.56. The van der Waals surface area contributed by atoms with Crippen molar-refractivity contribution >= 4 is 28.1 Å². The number of nitrogens with one attached hydrogen (secondary N) is 2. The van der Waals surface area contributed by atoms with E-state index in [1.807, 2.05) is 0 Å². The molecule has 12 heteroatoms. The standard InChI is InChI=1S/C15H12N6O5S/c22-14-10-2-11(15(23)24)17-5-12(10)18-7-21(14)6-8-1-9(4-16-3-8)13-19-26-27(25)20-13/h1-5,7,13,19-20H,6H2,(H,23,24). The number of fused-ring (bicyclic) bond motifs is 1. The molecule has 3 N–H and O–H groups in total. The van der Waals surface area contributed by atoms with Crippen LogP contribution in [0.4, 0.5) is 0 Å². The molecule has 138 valence electrons. The number of aromatic nitrogens is 4. The van der Waals surface area contributed by atoms with Crippen molar-refractivity contribution in [1.82, 2.24) is 29.7 Å². The zero-order valence-corrected chi connectivity index (χ0v) is 14.3. The maximum atomic E-state index is 12.7. The van der Waals surface area contributed by atoms with Gasteiger partial charge in [0, 0.05) is 18.0 Å². The van der Waals surface area contributed by atoms with Crippen LogP contribution in [-0.4, -0.2) is 34.8 Å². The number of hydrogen-bond acceptors (Lipinski definition) is 8. The Bertz CT molecular complexity index is 1130. The molecule has 1 aliphatic heterocycles. The van der Waals surface area contributed by atoms with E-state index in [9.17, 15) is 13.8 Å². The molecule has 3 aromatic heterocycles. The second-order valence-electron chi connectivity index (χ2n) is 5.68. The summed E-state index contributed by atoms with van der Waals surface area (Å²) in [6, 6.07) is 2.98. The molecule has 0 spiro atoms. The van der Waals surface area contributed by atoms with E-state index in [1.54, 1.807) is 18.5 Å². The third kappa shape index (κ3) is 3.46. The molecule has 4 rings (SSSR count). The van der Waals surface area contributed by atoms with Gasteiger partial charge in [-0.25, -0.2) is 19.0 Å². The lowest BCUT2D eigenvalue weighted by molar-refractivity contribution is 0.0690. The van der Waals surface area contributed by atoms with Crippen LogP contribution in [0, 0.1) is 0 Å². The van der Waals surface area contributed by atoms with E-state index in [2.05, 4.69) is 25.2 Å². The minimum absolute atomic E-state index is 0.164. The molecule has 0 radical (unpaired) electrons. The predicted octanol–water partition coefficient (Wildman–Crippen LogP) is -0.365. The monoisotopic (exact) mass is 388 g/mol. The van der Waals surface area contributed by atoms with Gasteiger partial charge in [-0.2, -0.15) is 14.5 Å². The van der Waals surface area contributed by atoms with Crippen LogP contribution in [0.2, 0.25) is 0 Å². The number of nitrogens with zero attached hydrogens (tertiary/aromatic N) is 4. The van der Waals surface area contributed by atoms with Crippen molar-refractivity contribution in [3.05, 3.63) is 64.2 Å². The predicted molar refractivity (Wildman–Crippen MR) is 92.3 cm³/mol. The number of rotatable bonds is 4. The summed E-state index contributed by atoms with van der Waals surface area (Å²) in [6.07, 6.45) is 5.29. The third-order valence-electron chi connectivity index (χ3n) is 3.89. The second kappa shape index (κ2) is 6.92. The van der Waals surface area contributed by atoms with Crippen LogP contribution in [0.3, 0.4) is 0 Å². The molecule has 0 aromatic carbocycles. The number of pyridine rings is 2. The molecule has 4 heterocycles. The van der Waals surface area contributed by atoms with E-state index in [4.69, 9.17) is 9.39 Å². The molecule has 2 unspecified atom stereocenters.